The molecule has 0 spiro atoms. The van der Waals surface area contributed by atoms with Gasteiger partial charge in [0.25, 0.3) is 0 Å². The fourth-order valence-electron chi connectivity index (χ4n) is 0.295. The van der Waals surface area contributed by atoms with E-state index < -0.39 is 0 Å². The summed E-state index contributed by atoms with van der Waals surface area (Å²) in [5.74, 6) is 1.38. The molecule has 3 heteroatoms. The standard InChI is InChI=1S/C2H5BS2/c1-2-4-5-3-1/h3H,1-2H2. The number of rotatable bonds is 0. The molecule has 0 radical (unpaired) electrons. The van der Waals surface area contributed by atoms with E-state index in [9.17, 15) is 0 Å². The van der Waals surface area contributed by atoms with Crippen LogP contribution in [0, 0.1) is 0 Å². The van der Waals surface area contributed by atoms with Gasteiger partial charge in [-0.15, -0.1) is 10.8 Å². The molecule has 1 rings (SSSR count). The van der Waals surface area contributed by atoms with Crippen molar-refractivity contribution in [1.82, 2.24) is 0 Å². The van der Waals surface area contributed by atoms with Crippen LogP contribution < -0.4 is 0 Å². The van der Waals surface area contributed by atoms with Crippen molar-refractivity contribution in [2.24, 2.45) is 0 Å². The lowest BCUT2D eigenvalue weighted by Gasteiger charge is -1.70. The largest absolute Gasteiger partial charge is 0.206 e. The lowest BCUT2D eigenvalue weighted by Crippen LogP contribution is -1.67. The predicted molar refractivity (Wildman–Crippen MR) is 32.0 cm³/mol. The molecule has 0 aliphatic carbocycles. The summed E-state index contributed by atoms with van der Waals surface area (Å²) < 4.78 is 0. The monoisotopic (exact) mass is 104 g/mol. The third-order valence-electron chi connectivity index (χ3n) is 0.539. The summed E-state index contributed by atoms with van der Waals surface area (Å²) in [6.45, 7) is 1.38. The summed E-state index contributed by atoms with van der Waals surface area (Å²) in [6.07, 6.45) is 1.43. The lowest BCUT2D eigenvalue weighted by molar-refractivity contribution is 1.52. The topological polar surface area (TPSA) is 0 Å². The normalized spacial score (nSPS) is 22.4. The summed E-state index contributed by atoms with van der Waals surface area (Å²) in [6, 6.07) is 0. The Morgan fingerprint density at radius 1 is 1.60 bits per heavy atom. The maximum atomic E-state index is 1.99. The quantitative estimate of drug-likeness (QED) is 0.334. The molecule has 1 aliphatic rings. The van der Waals surface area contributed by atoms with Crippen molar-refractivity contribution in [3.05, 3.63) is 0 Å². The van der Waals surface area contributed by atoms with Crippen LogP contribution in [0.25, 0.3) is 0 Å². The van der Waals surface area contributed by atoms with E-state index in [0.717, 1.165) is 0 Å². The molecule has 0 nitrogen and oxygen atoms in total. The predicted octanol–water partition coefficient (Wildman–Crippen LogP) is 1.15. The third kappa shape index (κ3) is 1.10. The highest BCUT2D eigenvalue weighted by Crippen LogP contribution is 2.28. The van der Waals surface area contributed by atoms with E-state index in [1.54, 1.807) is 0 Å². The van der Waals surface area contributed by atoms with E-state index in [1.165, 1.54) is 18.6 Å². The third-order valence-corrected chi connectivity index (χ3v) is 3.12. The summed E-state index contributed by atoms with van der Waals surface area (Å²) in [7, 11) is 3.98. The van der Waals surface area contributed by atoms with Gasteiger partial charge < -0.3 is 0 Å². The molecule has 0 aromatic carbocycles. The van der Waals surface area contributed by atoms with Crippen LogP contribution in [0.4, 0.5) is 0 Å². The highest BCUT2D eigenvalue weighted by Gasteiger charge is 1.99. The van der Waals surface area contributed by atoms with Crippen LogP contribution >= 0.6 is 21.4 Å². The molecular formula is C2H5BS2. The van der Waals surface area contributed by atoms with Gasteiger partial charge in [0.15, 0.2) is 0 Å². The summed E-state index contributed by atoms with van der Waals surface area (Å²) in [5, 5.41) is 0. The Labute approximate surface area is 40.6 Å². The van der Waals surface area contributed by atoms with Crippen LogP contribution in [-0.2, 0) is 0 Å². The molecule has 0 atom stereocenters. The fourth-order valence-corrected chi connectivity index (χ4v) is 2.65. The molecule has 0 N–H and O–H groups in total. The molecule has 1 aliphatic heterocycles. The van der Waals surface area contributed by atoms with E-state index >= 15 is 0 Å². The molecule has 1 heterocycles. The first kappa shape index (κ1) is 3.94. The molecule has 0 unspecified atom stereocenters. The molecule has 0 aromatic rings. The Morgan fingerprint density at radius 2 is 2.60 bits per heavy atom. The van der Waals surface area contributed by atoms with Crippen LogP contribution in [0.15, 0.2) is 0 Å². The Morgan fingerprint density at radius 3 is 2.80 bits per heavy atom. The maximum absolute atomic E-state index is 1.99. The van der Waals surface area contributed by atoms with E-state index in [1.807, 2.05) is 21.4 Å². The molecule has 0 amide bonds. The zero-order valence-electron chi connectivity index (χ0n) is 2.94. The maximum Gasteiger partial charge on any atom is 0.206 e. The van der Waals surface area contributed by atoms with Crippen LogP contribution in [0.5, 0.6) is 0 Å². The molecule has 0 bridgehead atoms. The van der Waals surface area contributed by atoms with Gasteiger partial charge in [-0.3, -0.25) is 0 Å². The average Bonchev–Trinajstić information content (AvgIpc) is 1.76. The van der Waals surface area contributed by atoms with Crippen LogP contribution in [0.1, 0.15) is 0 Å². The van der Waals surface area contributed by atoms with Crippen molar-refractivity contribution in [3.63, 3.8) is 0 Å². The highest BCUT2D eigenvalue weighted by molar-refractivity contribution is 8.86. The van der Waals surface area contributed by atoms with Crippen LogP contribution in [0.3, 0.4) is 0 Å². The molecule has 0 saturated carbocycles. The second-order valence-corrected chi connectivity index (χ2v) is 3.70. The van der Waals surface area contributed by atoms with Gasteiger partial charge in [-0.2, -0.15) is 10.6 Å². The van der Waals surface area contributed by atoms with Gasteiger partial charge in [-0.05, 0) is 5.75 Å². The van der Waals surface area contributed by atoms with Crippen molar-refractivity contribution in [2.75, 3.05) is 5.75 Å². The van der Waals surface area contributed by atoms with Gasteiger partial charge in [0.1, 0.15) is 0 Å². The smallest absolute Gasteiger partial charge is 0.151 e. The number of hydrogen-bond donors (Lipinski definition) is 0. The van der Waals surface area contributed by atoms with E-state index in [2.05, 4.69) is 0 Å². The number of hydrogen-bond acceptors (Lipinski definition) is 2. The molecule has 1 fully saturated rings. The first-order chi connectivity index (χ1) is 2.50. The SMILES string of the molecule is B1CCSS1. The van der Waals surface area contributed by atoms with E-state index in [4.69, 9.17) is 0 Å². The molecule has 28 valence electrons. The van der Waals surface area contributed by atoms with Gasteiger partial charge in [-0.25, -0.2) is 0 Å². The van der Waals surface area contributed by atoms with Crippen molar-refractivity contribution >= 4 is 28.0 Å². The summed E-state index contributed by atoms with van der Waals surface area (Å²) >= 11 is 0. The molecular weight excluding hydrogens is 99.0 g/mol. The van der Waals surface area contributed by atoms with Gasteiger partial charge >= 0.3 is 0 Å². The first-order valence-corrected chi connectivity index (χ1v) is 4.23. The second kappa shape index (κ2) is 2.03. The summed E-state index contributed by atoms with van der Waals surface area (Å²) in [4.78, 5) is 0. The zero-order chi connectivity index (χ0) is 3.54. The Bertz CT molecular complexity index is 19.2. The lowest BCUT2D eigenvalue weighted by atomic mass is 10.1. The van der Waals surface area contributed by atoms with Gasteiger partial charge in [0, 0.05) is 0 Å². The van der Waals surface area contributed by atoms with Crippen molar-refractivity contribution in [3.8, 4) is 0 Å². The minimum Gasteiger partial charge on any atom is -0.151 e. The van der Waals surface area contributed by atoms with Gasteiger partial charge in [0.2, 0.25) is 6.56 Å². The summed E-state index contributed by atoms with van der Waals surface area (Å²) in [5.41, 5.74) is 0. The Balaban J connectivity index is 2.08. The average molecular weight is 104 g/mol. The fraction of sp³-hybridized carbons (Fsp3) is 1.00. The minimum absolute atomic E-state index is 1.38. The Hall–Kier alpha value is 0.765. The van der Waals surface area contributed by atoms with Crippen molar-refractivity contribution in [2.45, 2.75) is 6.32 Å². The Kier molecular flexibility index (Phi) is 1.60. The van der Waals surface area contributed by atoms with Crippen molar-refractivity contribution in [1.29, 1.82) is 0 Å². The molecule has 1 saturated heterocycles. The van der Waals surface area contributed by atoms with E-state index in [0.29, 0.717) is 0 Å². The second-order valence-electron chi connectivity index (χ2n) is 0.998. The van der Waals surface area contributed by atoms with Gasteiger partial charge in [-0.1, -0.05) is 6.32 Å². The highest BCUT2D eigenvalue weighted by atomic mass is 33.1. The van der Waals surface area contributed by atoms with Crippen LogP contribution in [-0.4, -0.2) is 12.3 Å². The molecule has 5 heavy (non-hydrogen) atoms. The van der Waals surface area contributed by atoms with Crippen LogP contribution in [0.2, 0.25) is 6.32 Å². The van der Waals surface area contributed by atoms with Gasteiger partial charge in [0.05, 0.1) is 0 Å². The first-order valence-electron chi connectivity index (χ1n) is 1.74. The zero-order valence-corrected chi connectivity index (χ0v) is 4.57. The molecule has 0 aromatic heterocycles. The van der Waals surface area contributed by atoms with E-state index in [-0.39, 0.29) is 0 Å². The minimum atomic E-state index is 1.38. The van der Waals surface area contributed by atoms with Crippen molar-refractivity contribution < 1.29 is 0 Å².